The molecule has 1 fully saturated rings. The fourth-order valence-electron chi connectivity index (χ4n) is 2.64. The van der Waals surface area contributed by atoms with Gasteiger partial charge in [-0.05, 0) is 35.7 Å². The topological polar surface area (TPSA) is 71.5 Å². The van der Waals surface area contributed by atoms with Crippen LogP contribution in [0.1, 0.15) is 25.3 Å². The summed E-state index contributed by atoms with van der Waals surface area (Å²) >= 11 is 0. The summed E-state index contributed by atoms with van der Waals surface area (Å²) in [4.78, 5) is 4.45. The van der Waals surface area contributed by atoms with E-state index in [1.165, 1.54) is 16.1 Å². The number of ether oxygens (including phenoxy) is 1. The van der Waals surface area contributed by atoms with Gasteiger partial charge in [0.1, 0.15) is 10.7 Å². The average molecular weight is 361 g/mol. The molecule has 0 radical (unpaired) electrons. The first kappa shape index (κ1) is 17.8. The summed E-state index contributed by atoms with van der Waals surface area (Å²) in [5.41, 5.74) is 2.19. The number of hydrogen-bond donors (Lipinski definition) is 1. The fraction of sp³-hybridized carbons (Fsp3) is 0.389. The minimum atomic E-state index is -3.50. The molecule has 3 rings (SSSR count). The predicted octanol–water partition coefficient (Wildman–Crippen LogP) is 2.97. The van der Waals surface area contributed by atoms with E-state index in [9.17, 15) is 8.42 Å². The zero-order chi connectivity index (χ0) is 17.9. The smallest absolute Gasteiger partial charge is 0.244 e. The summed E-state index contributed by atoms with van der Waals surface area (Å²) in [7, 11) is -3.50. The van der Waals surface area contributed by atoms with Gasteiger partial charge in [0.25, 0.3) is 0 Å². The number of hydrogen-bond acceptors (Lipinski definition) is 5. The van der Waals surface area contributed by atoms with Gasteiger partial charge in [-0.2, -0.15) is 4.31 Å². The zero-order valence-corrected chi connectivity index (χ0v) is 15.3. The molecule has 0 saturated carbocycles. The normalized spacial score (nSPS) is 16.1. The number of rotatable bonds is 5. The summed E-state index contributed by atoms with van der Waals surface area (Å²) in [6, 6.07) is 11.4. The van der Waals surface area contributed by atoms with Crippen molar-refractivity contribution in [2.75, 3.05) is 31.6 Å². The van der Waals surface area contributed by atoms with Gasteiger partial charge in [0, 0.05) is 25.0 Å². The molecule has 0 amide bonds. The molecule has 0 spiro atoms. The van der Waals surface area contributed by atoms with E-state index in [2.05, 4.69) is 36.3 Å². The van der Waals surface area contributed by atoms with E-state index in [0.29, 0.717) is 38.0 Å². The number of nitrogens with zero attached hydrogens (tertiary/aromatic N) is 2. The number of anilines is 2. The van der Waals surface area contributed by atoms with Gasteiger partial charge in [0.2, 0.25) is 10.0 Å². The van der Waals surface area contributed by atoms with Crippen molar-refractivity contribution in [2.24, 2.45) is 0 Å². The molecule has 25 heavy (non-hydrogen) atoms. The number of sulfonamides is 1. The van der Waals surface area contributed by atoms with Gasteiger partial charge in [-0.15, -0.1) is 0 Å². The van der Waals surface area contributed by atoms with Crippen LogP contribution in [0.15, 0.2) is 47.5 Å². The Morgan fingerprint density at radius 3 is 2.32 bits per heavy atom. The monoisotopic (exact) mass is 361 g/mol. The Labute approximate surface area is 148 Å². The van der Waals surface area contributed by atoms with Gasteiger partial charge in [-0.25, -0.2) is 13.4 Å². The van der Waals surface area contributed by atoms with Crippen LogP contribution in [-0.2, 0) is 14.8 Å². The van der Waals surface area contributed by atoms with Crippen molar-refractivity contribution in [3.63, 3.8) is 0 Å². The van der Waals surface area contributed by atoms with Gasteiger partial charge in [-0.3, -0.25) is 0 Å². The molecule has 1 saturated heterocycles. The molecule has 2 aromatic rings. The van der Waals surface area contributed by atoms with Crippen LogP contribution < -0.4 is 5.32 Å². The van der Waals surface area contributed by atoms with Crippen LogP contribution in [0, 0.1) is 0 Å². The number of benzene rings is 1. The first-order valence-electron chi connectivity index (χ1n) is 8.38. The van der Waals surface area contributed by atoms with Crippen molar-refractivity contribution in [3.8, 4) is 0 Å². The molecule has 0 aliphatic carbocycles. The van der Waals surface area contributed by atoms with Crippen LogP contribution in [0.5, 0.6) is 0 Å². The highest BCUT2D eigenvalue weighted by Gasteiger charge is 2.26. The van der Waals surface area contributed by atoms with Crippen molar-refractivity contribution in [1.29, 1.82) is 0 Å². The lowest BCUT2D eigenvalue weighted by Gasteiger charge is -2.25. The van der Waals surface area contributed by atoms with Crippen molar-refractivity contribution in [3.05, 3.63) is 48.2 Å². The van der Waals surface area contributed by atoms with E-state index >= 15 is 0 Å². The number of aromatic nitrogens is 1. The third-order valence-electron chi connectivity index (χ3n) is 4.19. The maximum Gasteiger partial charge on any atom is 0.244 e. The van der Waals surface area contributed by atoms with E-state index in [-0.39, 0.29) is 4.90 Å². The lowest BCUT2D eigenvalue weighted by Crippen LogP contribution is -2.40. The highest BCUT2D eigenvalue weighted by atomic mass is 32.2. The maximum atomic E-state index is 12.6. The summed E-state index contributed by atoms with van der Waals surface area (Å²) in [6.07, 6.45) is 1.40. The fourth-order valence-corrected chi connectivity index (χ4v) is 4.00. The van der Waals surface area contributed by atoms with Gasteiger partial charge in [0.05, 0.1) is 13.2 Å². The van der Waals surface area contributed by atoms with Crippen molar-refractivity contribution >= 4 is 21.5 Å². The molecule has 6 nitrogen and oxygen atoms in total. The average Bonchev–Trinajstić information content (AvgIpc) is 2.63. The van der Waals surface area contributed by atoms with Crippen molar-refractivity contribution in [2.45, 2.75) is 24.7 Å². The number of morpholine rings is 1. The van der Waals surface area contributed by atoms with E-state index in [4.69, 9.17) is 4.74 Å². The van der Waals surface area contributed by atoms with Crippen LogP contribution in [-0.4, -0.2) is 44.0 Å². The van der Waals surface area contributed by atoms with Crippen molar-refractivity contribution < 1.29 is 13.2 Å². The van der Waals surface area contributed by atoms with Gasteiger partial charge in [0.15, 0.2) is 0 Å². The van der Waals surface area contributed by atoms with Crippen LogP contribution in [0.4, 0.5) is 11.5 Å². The van der Waals surface area contributed by atoms with Gasteiger partial charge >= 0.3 is 0 Å². The summed E-state index contributed by atoms with van der Waals surface area (Å²) in [6.45, 7) is 5.92. The van der Waals surface area contributed by atoms with Crippen LogP contribution in [0.25, 0.3) is 0 Å². The van der Waals surface area contributed by atoms with Crippen molar-refractivity contribution in [1.82, 2.24) is 9.29 Å². The van der Waals surface area contributed by atoms with E-state index in [1.54, 1.807) is 12.1 Å². The maximum absolute atomic E-state index is 12.6. The molecule has 2 heterocycles. The number of nitrogens with one attached hydrogen (secondary N) is 1. The molecule has 7 heteroatoms. The summed E-state index contributed by atoms with van der Waals surface area (Å²) in [5.74, 6) is 1.09. The lowest BCUT2D eigenvalue weighted by atomic mass is 10.0. The molecular weight excluding hydrogens is 338 g/mol. The molecule has 0 bridgehead atoms. The Balaban J connectivity index is 1.71. The molecule has 1 aliphatic heterocycles. The summed E-state index contributed by atoms with van der Waals surface area (Å²) in [5, 5.41) is 3.19. The second-order valence-corrected chi connectivity index (χ2v) is 8.24. The van der Waals surface area contributed by atoms with Crippen LogP contribution in [0.3, 0.4) is 0 Å². The Bertz CT molecular complexity index is 796. The number of pyridine rings is 1. The Morgan fingerprint density at radius 2 is 1.76 bits per heavy atom. The SMILES string of the molecule is CC(C)c1ccc(Nc2ccc(S(=O)(=O)N3CCOCC3)cn2)cc1. The minimum absolute atomic E-state index is 0.204. The zero-order valence-electron chi connectivity index (χ0n) is 14.5. The second-order valence-electron chi connectivity index (χ2n) is 6.30. The molecular formula is C18H23N3O3S. The second kappa shape index (κ2) is 7.51. The molecule has 0 atom stereocenters. The van der Waals surface area contributed by atoms with Gasteiger partial charge in [-0.1, -0.05) is 26.0 Å². The van der Waals surface area contributed by atoms with Gasteiger partial charge < -0.3 is 10.1 Å². The van der Waals surface area contributed by atoms with E-state index < -0.39 is 10.0 Å². The first-order valence-corrected chi connectivity index (χ1v) is 9.82. The van der Waals surface area contributed by atoms with Crippen LogP contribution in [0.2, 0.25) is 0 Å². The Hall–Kier alpha value is -1.96. The molecule has 1 aromatic carbocycles. The quantitative estimate of drug-likeness (QED) is 0.886. The molecule has 0 unspecified atom stereocenters. The third kappa shape index (κ3) is 4.18. The standard InChI is InChI=1S/C18H23N3O3S/c1-14(2)15-3-5-16(6-4-15)20-18-8-7-17(13-19-18)25(22,23)21-9-11-24-12-10-21/h3-8,13-14H,9-12H2,1-2H3,(H,19,20). The Kier molecular flexibility index (Phi) is 5.36. The molecule has 134 valence electrons. The third-order valence-corrected chi connectivity index (χ3v) is 6.08. The minimum Gasteiger partial charge on any atom is -0.379 e. The largest absolute Gasteiger partial charge is 0.379 e. The first-order chi connectivity index (χ1) is 12.0. The van der Waals surface area contributed by atoms with Crippen LogP contribution >= 0.6 is 0 Å². The Morgan fingerprint density at radius 1 is 1.08 bits per heavy atom. The predicted molar refractivity (Wildman–Crippen MR) is 97.6 cm³/mol. The molecule has 1 aliphatic rings. The van der Waals surface area contributed by atoms with E-state index in [1.807, 2.05) is 12.1 Å². The van der Waals surface area contributed by atoms with E-state index in [0.717, 1.165) is 5.69 Å². The molecule has 1 aromatic heterocycles. The highest BCUT2D eigenvalue weighted by Crippen LogP contribution is 2.21. The highest BCUT2D eigenvalue weighted by molar-refractivity contribution is 7.89. The molecule has 1 N–H and O–H groups in total. The lowest BCUT2D eigenvalue weighted by molar-refractivity contribution is 0.0730. The summed E-state index contributed by atoms with van der Waals surface area (Å²) < 4.78 is 31.8.